The van der Waals surface area contributed by atoms with Gasteiger partial charge in [0.2, 0.25) is 0 Å². The quantitative estimate of drug-likeness (QED) is 0.169. The van der Waals surface area contributed by atoms with Crippen molar-refractivity contribution in [2.75, 3.05) is 0 Å². The zero-order chi connectivity index (χ0) is 32.7. The Morgan fingerprint density at radius 2 is 0.551 bits per heavy atom. The highest BCUT2D eigenvalue weighted by Crippen LogP contribution is 2.27. The average molecular weight is 631 g/mol. The number of aromatic amines is 4. The highest BCUT2D eigenvalue weighted by atomic mass is 14.8. The molecular formula is C45H34N4. The predicted molar refractivity (Wildman–Crippen MR) is 199 cm³/mol. The lowest BCUT2D eigenvalue weighted by Crippen LogP contribution is -2.19. The summed E-state index contributed by atoms with van der Waals surface area (Å²) < 4.78 is 0. The van der Waals surface area contributed by atoms with Gasteiger partial charge in [-0.1, -0.05) is 121 Å². The van der Waals surface area contributed by atoms with Crippen LogP contribution < -0.4 is 21.4 Å². The summed E-state index contributed by atoms with van der Waals surface area (Å²) in [4.78, 5) is 15.4. The number of H-pyrrole nitrogens is 4. The summed E-state index contributed by atoms with van der Waals surface area (Å²) in [7, 11) is 0. The molecular weight excluding hydrogens is 597 g/mol. The average Bonchev–Trinajstić information content (AvgIpc) is 3.98. The fourth-order valence-electron chi connectivity index (χ4n) is 7.11. The van der Waals surface area contributed by atoms with Gasteiger partial charge < -0.3 is 19.9 Å². The monoisotopic (exact) mass is 630 g/mol. The van der Waals surface area contributed by atoms with Gasteiger partial charge in [0.15, 0.2) is 0 Å². The van der Waals surface area contributed by atoms with Crippen molar-refractivity contribution in [1.29, 1.82) is 0 Å². The van der Waals surface area contributed by atoms with Crippen molar-refractivity contribution in [2.45, 2.75) is 6.92 Å². The molecule has 0 saturated carbocycles. The third-order valence-electron chi connectivity index (χ3n) is 9.43. The first-order chi connectivity index (χ1) is 24.2. The summed E-state index contributed by atoms with van der Waals surface area (Å²) in [5.41, 5.74) is 14.4. The molecule has 5 heterocycles. The number of hydrogen-bond donors (Lipinski definition) is 4. The fourth-order valence-corrected chi connectivity index (χ4v) is 7.11. The van der Waals surface area contributed by atoms with Crippen LogP contribution in [0.25, 0.3) is 22.3 Å². The van der Waals surface area contributed by atoms with E-state index in [1.807, 2.05) is 0 Å². The van der Waals surface area contributed by atoms with Gasteiger partial charge in [0.25, 0.3) is 0 Å². The molecule has 49 heavy (non-hydrogen) atoms. The van der Waals surface area contributed by atoms with Crippen LogP contribution in [0.15, 0.2) is 164 Å². The molecule has 0 spiro atoms. The van der Waals surface area contributed by atoms with Gasteiger partial charge in [-0.2, -0.15) is 0 Å². The molecule has 1 aliphatic heterocycles. The summed E-state index contributed by atoms with van der Waals surface area (Å²) in [5, 5.41) is 4.16. The van der Waals surface area contributed by atoms with Crippen LogP contribution in [-0.4, -0.2) is 19.9 Å². The smallest absolute Gasteiger partial charge is 0.0485 e. The number of rotatable bonds is 4. The van der Waals surface area contributed by atoms with E-state index in [0.29, 0.717) is 0 Å². The summed E-state index contributed by atoms with van der Waals surface area (Å²) in [6, 6.07) is 58.3. The van der Waals surface area contributed by atoms with Gasteiger partial charge in [0.05, 0.1) is 0 Å². The van der Waals surface area contributed by atoms with Gasteiger partial charge in [-0.25, -0.2) is 0 Å². The predicted octanol–water partition coefficient (Wildman–Crippen LogP) is 6.61. The maximum atomic E-state index is 3.86. The van der Waals surface area contributed by atoms with Crippen molar-refractivity contribution in [3.63, 3.8) is 0 Å². The van der Waals surface area contributed by atoms with Gasteiger partial charge >= 0.3 is 0 Å². The molecule has 0 saturated heterocycles. The van der Waals surface area contributed by atoms with E-state index in [1.165, 1.54) is 5.56 Å². The summed E-state index contributed by atoms with van der Waals surface area (Å²) >= 11 is 0. The molecule has 4 aromatic heterocycles. The van der Waals surface area contributed by atoms with Crippen LogP contribution >= 0.6 is 0 Å². The van der Waals surface area contributed by atoms with Crippen molar-refractivity contribution in [2.24, 2.45) is 0 Å². The molecule has 0 fully saturated rings. The third kappa shape index (κ3) is 5.20. The van der Waals surface area contributed by atoms with Crippen LogP contribution in [0.3, 0.4) is 0 Å². The van der Waals surface area contributed by atoms with E-state index in [4.69, 9.17) is 0 Å². The van der Waals surface area contributed by atoms with Crippen LogP contribution in [0.5, 0.6) is 0 Å². The largest absolute Gasteiger partial charge is 0.354 e. The van der Waals surface area contributed by atoms with Gasteiger partial charge in [0.1, 0.15) is 0 Å². The normalized spacial score (nSPS) is 12.8. The van der Waals surface area contributed by atoms with Gasteiger partial charge in [-0.3, -0.25) is 0 Å². The second-order valence-electron chi connectivity index (χ2n) is 12.6. The Balaban J connectivity index is 1.44. The first kappa shape index (κ1) is 28.7. The minimum atomic E-state index is 1.04. The molecule has 0 unspecified atom stereocenters. The fraction of sp³-hybridized carbons (Fsp3) is 0.0222. The van der Waals surface area contributed by atoms with Crippen molar-refractivity contribution < 1.29 is 0 Å². The molecule has 4 heteroatoms. The van der Waals surface area contributed by atoms with E-state index < -0.39 is 0 Å². The zero-order valence-corrected chi connectivity index (χ0v) is 27.1. The van der Waals surface area contributed by atoms with Crippen LogP contribution in [0.2, 0.25) is 0 Å². The van der Waals surface area contributed by atoms with Crippen LogP contribution in [0.4, 0.5) is 0 Å². The minimum absolute atomic E-state index is 1.04. The van der Waals surface area contributed by atoms with E-state index in [9.17, 15) is 0 Å². The van der Waals surface area contributed by atoms with Crippen molar-refractivity contribution in [3.8, 4) is 0 Å². The SMILES string of the molecule is Cc1ccc(C2=c3ccc([nH]3)=C(c3ccccc3)c3ccc([nH]3)C(c3ccccc3)=c3ccc([nH]3)=C(c3ccccc3)c3ccc2[nH]3)cc1. The van der Waals surface area contributed by atoms with Crippen molar-refractivity contribution in [1.82, 2.24) is 19.9 Å². The van der Waals surface area contributed by atoms with Gasteiger partial charge in [-0.15, -0.1) is 0 Å². The lowest BCUT2D eigenvalue weighted by Gasteiger charge is -2.10. The molecule has 4 nitrogen and oxygen atoms in total. The molecule has 1 aliphatic rings. The molecule has 0 radical (unpaired) electrons. The van der Waals surface area contributed by atoms with E-state index in [-0.39, 0.29) is 0 Å². The van der Waals surface area contributed by atoms with E-state index in [1.54, 1.807) is 0 Å². The Kier molecular flexibility index (Phi) is 6.98. The zero-order valence-electron chi connectivity index (χ0n) is 27.1. The molecule has 234 valence electrons. The molecule has 0 atom stereocenters. The number of hydrogen-bond acceptors (Lipinski definition) is 0. The maximum absolute atomic E-state index is 3.86. The molecule has 8 bridgehead atoms. The third-order valence-corrected chi connectivity index (χ3v) is 9.43. The number of aromatic nitrogens is 4. The Bertz CT molecular complexity index is 2680. The summed E-state index contributed by atoms with van der Waals surface area (Å²) in [5.74, 6) is 0. The molecule has 4 aromatic carbocycles. The highest BCUT2D eigenvalue weighted by molar-refractivity contribution is 5.84. The van der Waals surface area contributed by atoms with Crippen molar-refractivity contribution in [3.05, 3.63) is 236 Å². The first-order valence-corrected chi connectivity index (χ1v) is 16.7. The van der Waals surface area contributed by atoms with Crippen molar-refractivity contribution >= 4 is 22.3 Å². The van der Waals surface area contributed by atoms with E-state index >= 15 is 0 Å². The number of nitrogens with one attached hydrogen (secondary N) is 4. The van der Waals surface area contributed by atoms with Crippen LogP contribution in [0, 0.1) is 6.92 Å². The van der Waals surface area contributed by atoms with Gasteiger partial charge in [-0.05, 0) is 77.7 Å². The molecule has 9 rings (SSSR count). The van der Waals surface area contributed by atoms with Crippen LogP contribution in [0.1, 0.15) is 50.6 Å². The molecule has 0 aliphatic carbocycles. The molecule has 4 N–H and O–H groups in total. The second-order valence-corrected chi connectivity index (χ2v) is 12.6. The molecule has 8 aromatic rings. The Labute approximate surface area is 284 Å². The summed E-state index contributed by atoms with van der Waals surface area (Å²) in [6.45, 7) is 2.13. The second kappa shape index (κ2) is 11.9. The standard InChI is InChI=1S/C45H34N4/c1-29-17-19-33(20-18-29)45-40-27-25-38(48-40)43(31-13-7-3-8-14-31)36-23-21-34(46-36)42(30-11-5-2-6-12-30)35-22-24-37(47-35)44(32-15-9-4-10-16-32)39-26-28-41(45)49-39/h2-28,46-49H,1H3. The topological polar surface area (TPSA) is 63.2 Å². The van der Waals surface area contributed by atoms with E-state index in [0.717, 1.165) is 88.7 Å². The van der Waals surface area contributed by atoms with Crippen LogP contribution in [-0.2, 0) is 0 Å². The Hall–Kier alpha value is -6.52. The highest BCUT2D eigenvalue weighted by Gasteiger charge is 2.18. The first-order valence-electron chi connectivity index (χ1n) is 16.7. The lowest BCUT2D eigenvalue weighted by atomic mass is 10.0. The lowest BCUT2D eigenvalue weighted by molar-refractivity contribution is 1.19. The summed E-state index contributed by atoms with van der Waals surface area (Å²) in [6.07, 6.45) is 0. The minimum Gasteiger partial charge on any atom is -0.354 e. The van der Waals surface area contributed by atoms with Gasteiger partial charge in [0, 0.05) is 66.5 Å². The number of benzene rings is 4. The maximum Gasteiger partial charge on any atom is 0.0485 e. The van der Waals surface area contributed by atoms with E-state index in [2.05, 4.69) is 191 Å². The Morgan fingerprint density at radius 1 is 0.265 bits per heavy atom. The number of fused-ring (bicyclic) bond motifs is 8. The molecule has 0 amide bonds. The Morgan fingerprint density at radius 3 is 0.857 bits per heavy atom. The number of aryl methyl sites for hydroxylation is 1.